The molecule has 0 aliphatic rings. The number of anilines is 1. The van der Waals surface area contributed by atoms with E-state index in [-0.39, 0.29) is 0 Å². The molecule has 0 saturated heterocycles. The molecule has 5 heteroatoms. The minimum absolute atomic E-state index is 0.399. The van der Waals surface area contributed by atoms with Crippen LogP contribution in [0.25, 0.3) is 21.9 Å². The SMILES string of the molecule is COC(=O)c1cnc(C)c(-c2ccc3cc(N)ncc3c2)c1. The van der Waals surface area contributed by atoms with Crippen LogP contribution in [-0.2, 0) is 4.74 Å². The number of ether oxygens (including phenoxy) is 1. The van der Waals surface area contributed by atoms with Crippen LogP contribution in [0.4, 0.5) is 5.82 Å². The molecule has 0 atom stereocenters. The fraction of sp³-hybridized carbons (Fsp3) is 0.118. The van der Waals surface area contributed by atoms with Crippen molar-refractivity contribution in [3.8, 4) is 11.1 Å². The Kier molecular flexibility index (Phi) is 3.47. The molecule has 3 aromatic rings. The van der Waals surface area contributed by atoms with Gasteiger partial charge >= 0.3 is 5.97 Å². The third-order valence-corrected chi connectivity index (χ3v) is 3.56. The van der Waals surface area contributed by atoms with Crippen molar-refractivity contribution >= 4 is 22.6 Å². The first-order valence-electron chi connectivity index (χ1n) is 6.79. The molecule has 22 heavy (non-hydrogen) atoms. The van der Waals surface area contributed by atoms with Crippen LogP contribution in [0.3, 0.4) is 0 Å². The molecule has 0 radical (unpaired) electrons. The standard InChI is InChI=1S/C17H15N3O2/c1-10-15(6-14(9-19-10)17(21)22-2)12-4-3-11-7-16(18)20-8-13(11)5-12/h3-9H,1-2H3,(H2,18,20). The number of esters is 1. The van der Waals surface area contributed by atoms with Crippen LogP contribution in [-0.4, -0.2) is 23.0 Å². The van der Waals surface area contributed by atoms with Gasteiger partial charge in [0.15, 0.2) is 0 Å². The van der Waals surface area contributed by atoms with E-state index in [9.17, 15) is 4.79 Å². The predicted octanol–water partition coefficient (Wildman–Crippen LogP) is 2.97. The smallest absolute Gasteiger partial charge is 0.339 e. The summed E-state index contributed by atoms with van der Waals surface area (Å²) in [6.07, 6.45) is 3.26. The normalized spacial score (nSPS) is 10.6. The maximum Gasteiger partial charge on any atom is 0.339 e. The van der Waals surface area contributed by atoms with Gasteiger partial charge in [-0.2, -0.15) is 0 Å². The van der Waals surface area contributed by atoms with Gasteiger partial charge in [-0.1, -0.05) is 12.1 Å². The number of methoxy groups -OCH3 is 1. The molecule has 2 aromatic heterocycles. The van der Waals surface area contributed by atoms with E-state index >= 15 is 0 Å². The van der Waals surface area contributed by atoms with Gasteiger partial charge in [-0.3, -0.25) is 4.98 Å². The molecule has 5 nitrogen and oxygen atoms in total. The molecule has 0 saturated carbocycles. The van der Waals surface area contributed by atoms with E-state index in [1.807, 2.05) is 31.2 Å². The van der Waals surface area contributed by atoms with Gasteiger partial charge in [-0.25, -0.2) is 9.78 Å². The van der Waals surface area contributed by atoms with Crippen LogP contribution in [0.5, 0.6) is 0 Å². The molecule has 1 aromatic carbocycles. The summed E-state index contributed by atoms with van der Waals surface area (Å²) in [6, 6.07) is 9.59. The number of carbonyl (C=O) groups excluding carboxylic acids is 1. The molecule has 3 rings (SSSR count). The summed E-state index contributed by atoms with van der Waals surface area (Å²) in [5, 5.41) is 2.00. The number of fused-ring (bicyclic) bond motifs is 1. The first-order valence-corrected chi connectivity index (χ1v) is 6.79. The Hall–Kier alpha value is -2.95. The fourth-order valence-electron chi connectivity index (χ4n) is 2.38. The number of nitrogen functional groups attached to an aromatic ring is 1. The van der Waals surface area contributed by atoms with Crippen LogP contribution < -0.4 is 5.73 Å². The highest BCUT2D eigenvalue weighted by atomic mass is 16.5. The van der Waals surface area contributed by atoms with Crippen molar-refractivity contribution in [2.75, 3.05) is 12.8 Å². The Morgan fingerprint density at radius 3 is 2.68 bits per heavy atom. The number of aryl methyl sites for hydroxylation is 1. The zero-order chi connectivity index (χ0) is 15.7. The summed E-state index contributed by atoms with van der Waals surface area (Å²) in [4.78, 5) is 20.1. The van der Waals surface area contributed by atoms with Crippen LogP contribution in [0.1, 0.15) is 16.1 Å². The molecule has 0 amide bonds. The highest BCUT2D eigenvalue weighted by Gasteiger charge is 2.11. The van der Waals surface area contributed by atoms with E-state index < -0.39 is 5.97 Å². The lowest BCUT2D eigenvalue weighted by Gasteiger charge is -2.09. The number of aromatic nitrogens is 2. The molecule has 0 unspecified atom stereocenters. The van der Waals surface area contributed by atoms with Crippen molar-refractivity contribution in [2.24, 2.45) is 0 Å². The summed E-state index contributed by atoms with van der Waals surface area (Å²) < 4.78 is 4.75. The zero-order valence-electron chi connectivity index (χ0n) is 12.3. The summed E-state index contributed by atoms with van der Waals surface area (Å²) in [6.45, 7) is 1.90. The number of hydrogen-bond acceptors (Lipinski definition) is 5. The van der Waals surface area contributed by atoms with E-state index in [1.165, 1.54) is 13.3 Å². The number of pyridine rings is 2. The van der Waals surface area contributed by atoms with E-state index in [1.54, 1.807) is 12.3 Å². The third kappa shape index (κ3) is 2.48. The zero-order valence-corrected chi connectivity index (χ0v) is 12.3. The first kappa shape index (κ1) is 14.0. The molecule has 110 valence electrons. The van der Waals surface area contributed by atoms with Crippen molar-refractivity contribution in [1.82, 2.24) is 9.97 Å². The average Bonchev–Trinajstić information content (AvgIpc) is 2.54. The van der Waals surface area contributed by atoms with Gasteiger partial charge in [-0.05, 0) is 36.1 Å². The maximum atomic E-state index is 11.7. The summed E-state index contributed by atoms with van der Waals surface area (Å²) in [5.74, 6) is 0.0924. The summed E-state index contributed by atoms with van der Waals surface area (Å²) >= 11 is 0. The topological polar surface area (TPSA) is 78.1 Å². The molecular formula is C17H15N3O2. The Bertz CT molecular complexity index is 875. The fourth-order valence-corrected chi connectivity index (χ4v) is 2.38. The minimum atomic E-state index is -0.399. The van der Waals surface area contributed by atoms with Crippen molar-refractivity contribution in [3.63, 3.8) is 0 Å². The molecule has 0 fully saturated rings. The number of benzene rings is 1. The van der Waals surface area contributed by atoms with E-state index in [2.05, 4.69) is 9.97 Å². The Morgan fingerprint density at radius 1 is 1.09 bits per heavy atom. The largest absolute Gasteiger partial charge is 0.465 e. The predicted molar refractivity (Wildman–Crippen MR) is 85.5 cm³/mol. The molecule has 0 bridgehead atoms. The molecule has 0 aliphatic carbocycles. The first-order chi connectivity index (χ1) is 10.6. The monoisotopic (exact) mass is 293 g/mol. The maximum absolute atomic E-state index is 11.7. The number of rotatable bonds is 2. The van der Waals surface area contributed by atoms with Crippen molar-refractivity contribution < 1.29 is 9.53 Å². The Morgan fingerprint density at radius 2 is 1.91 bits per heavy atom. The average molecular weight is 293 g/mol. The van der Waals surface area contributed by atoms with Crippen LogP contribution in [0.2, 0.25) is 0 Å². The van der Waals surface area contributed by atoms with Gasteiger partial charge in [0, 0.05) is 29.0 Å². The molecule has 0 aliphatic heterocycles. The minimum Gasteiger partial charge on any atom is -0.465 e. The highest BCUT2D eigenvalue weighted by molar-refractivity contribution is 5.92. The van der Waals surface area contributed by atoms with Crippen LogP contribution >= 0.6 is 0 Å². The van der Waals surface area contributed by atoms with Crippen molar-refractivity contribution in [2.45, 2.75) is 6.92 Å². The van der Waals surface area contributed by atoms with Crippen LogP contribution in [0.15, 0.2) is 42.7 Å². The number of nitrogens with zero attached hydrogens (tertiary/aromatic N) is 2. The number of nitrogens with two attached hydrogens (primary N) is 1. The second-order valence-corrected chi connectivity index (χ2v) is 5.02. The van der Waals surface area contributed by atoms with Gasteiger partial charge in [0.2, 0.25) is 0 Å². The van der Waals surface area contributed by atoms with Crippen molar-refractivity contribution in [3.05, 3.63) is 54.0 Å². The second kappa shape index (κ2) is 5.44. The number of carbonyl (C=O) groups is 1. The number of hydrogen-bond donors (Lipinski definition) is 1. The third-order valence-electron chi connectivity index (χ3n) is 3.56. The summed E-state index contributed by atoms with van der Waals surface area (Å²) in [7, 11) is 1.36. The van der Waals surface area contributed by atoms with E-state index in [4.69, 9.17) is 10.5 Å². The lowest BCUT2D eigenvalue weighted by Crippen LogP contribution is -2.03. The lowest BCUT2D eigenvalue weighted by atomic mass is 10.00. The van der Waals surface area contributed by atoms with Crippen molar-refractivity contribution in [1.29, 1.82) is 0 Å². The molecule has 0 spiro atoms. The summed E-state index contributed by atoms with van der Waals surface area (Å²) in [5.41, 5.74) is 8.82. The van der Waals surface area contributed by atoms with Gasteiger partial charge in [0.25, 0.3) is 0 Å². The Labute approximate surface area is 127 Å². The second-order valence-electron chi connectivity index (χ2n) is 5.02. The lowest BCUT2D eigenvalue weighted by molar-refractivity contribution is 0.0600. The highest BCUT2D eigenvalue weighted by Crippen LogP contribution is 2.27. The molecular weight excluding hydrogens is 278 g/mol. The molecule has 2 N–H and O–H groups in total. The van der Waals surface area contributed by atoms with Gasteiger partial charge in [0.1, 0.15) is 5.82 Å². The van der Waals surface area contributed by atoms with Gasteiger partial charge in [0.05, 0.1) is 12.7 Å². The Balaban J connectivity index is 2.14. The van der Waals surface area contributed by atoms with Gasteiger partial charge < -0.3 is 10.5 Å². The van der Waals surface area contributed by atoms with Gasteiger partial charge in [-0.15, -0.1) is 0 Å². The molecule has 2 heterocycles. The van der Waals surface area contributed by atoms with Crippen LogP contribution in [0, 0.1) is 6.92 Å². The quantitative estimate of drug-likeness (QED) is 0.735. The van der Waals surface area contributed by atoms with E-state index in [0.29, 0.717) is 11.4 Å². The van der Waals surface area contributed by atoms with E-state index in [0.717, 1.165) is 27.6 Å².